The number of ether oxygens (including phenoxy) is 1. The molecule has 2 aromatic rings. The maximum Gasteiger partial charge on any atom is 0.343 e. The van der Waals surface area contributed by atoms with E-state index in [0.29, 0.717) is 5.56 Å². The predicted molar refractivity (Wildman–Crippen MR) is 77.7 cm³/mol. The molecule has 0 aliphatic rings. The molecule has 0 spiro atoms. The number of benzene rings is 2. The zero-order valence-electron chi connectivity index (χ0n) is 11.9. The molecule has 0 saturated carbocycles. The number of carbonyl (C=O) groups is 1. The van der Waals surface area contributed by atoms with Crippen molar-refractivity contribution in [2.75, 3.05) is 0 Å². The molecule has 0 fully saturated rings. The first-order chi connectivity index (χ1) is 9.42. The maximum atomic E-state index is 12.3. The van der Waals surface area contributed by atoms with Gasteiger partial charge in [-0.05, 0) is 38.0 Å². The Morgan fingerprint density at radius 3 is 2.30 bits per heavy atom. The van der Waals surface area contributed by atoms with Crippen LogP contribution in [0.15, 0.2) is 48.5 Å². The largest absolute Gasteiger partial charge is 0.507 e. The van der Waals surface area contributed by atoms with E-state index in [4.69, 9.17) is 4.74 Å². The SMILES string of the molecule is Cc1cccc(O)c1C(=O)OC(C)(C)c1ccccc1. The van der Waals surface area contributed by atoms with Gasteiger partial charge in [-0.15, -0.1) is 0 Å². The fraction of sp³-hybridized carbons (Fsp3) is 0.235. The van der Waals surface area contributed by atoms with E-state index in [2.05, 4.69) is 0 Å². The number of phenolic OH excluding ortho intramolecular Hbond substituents is 1. The lowest BCUT2D eigenvalue weighted by Gasteiger charge is -2.26. The molecule has 3 nitrogen and oxygen atoms in total. The number of hydrogen-bond donors (Lipinski definition) is 1. The Morgan fingerprint density at radius 1 is 1.05 bits per heavy atom. The minimum Gasteiger partial charge on any atom is -0.507 e. The van der Waals surface area contributed by atoms with Gasteiger partial charge in [0.05, 0.1) is 0 Å². The van der Waals surface area contributed by atoms with E-state index in [9.17, 15) is 9.90 Å². The molecule has 0 aromatic heterocycles. The van der Waals surface area contributed by atoms with Crippen molar-refractivity contribution in [3.63, 3.8) is 0 Å². The van der Waals surface area contributed by atoms with E-state index < -0.39 is 11.6 Å². The summed E-state index contributed by atoms with van der Waals surface area (Å²) < 4.78 is 5.57. The summed E-state index contributed by atoms with van der Waals surface area (Å²) in [7, 11) is 0. The summed E-state index contributed by atoms with van der Waals surface area (Å²) in [6, 6.07) is 14.5. The zero-order chi connectivity index (χ0) is 14.8. The lowest BCUT2D eigenvalue weighted by molar-refractivity contribution is -0.00346. The number of hydrogen-bond acceptors (Lipinski definition) is 3. The number of carbonyl (C=O) groups excluding carboxylic acids is 1. The normalized spacial score (nSPS) is 11.2. The second-order valence-corrected chi connectivity index (χ2v) is 5.23. The molecule has 3 heteroatoms. The minimum absolute atomic E-state index is 0.0566. The van der Waals surface area contributed by atoms with E-state index in [0.717, 1.165) is 5.56 Å². The Morgan fingerprint density at radius 2 is 1.70 bits per heavy atom. The molecular formula is C17H18O3. The smallest absolute Gasteiger partial charge is 0.343 e. The third-order valence-electron chi connectivity index (χ3n) is 3.27. The van der Waals surface area contributed by atoms with Gasteiger partial charge in [0.15, 0.2) is 0 Å². The molecule has 20 heavy (non-hydrogen) atoms. The van der Waals surface area contributed by atoms with E-state index in [-0.39, 0.29) is 11.3 Å². The van der Waals surface area contributed by atoms with Crippen LogP contribution in [0.3, 0.4) is 0 Å². The molecule has 1 N–H and O–H groups in total. The highest BCUT2D eigenvalue weighted by molar-refractivity contribution is 5.94. The van der Waals surface area contributed by atoms with Crippen molar-refractivity contribution in [2.45, 2.75) is 26.4 Å². The highest BCUT2D eigenvalue weighted by atomic mass is 16.6. The highest BCUT2D eigenvalue weighted by Gasteiger charge is 2.27. The average molecular weight is 270 g/mol. The van der Waals surface area contributed by atoms with Gasteiger partial charge in [-0.1, -0.05) is 42.5 Å². The molecule has 0 saturated heterocycles. The van der Waals surface area contributed by atoms with Crippen LogP contribution >= 0.6 is 0 Å². The van der Waals surface area contributed by atoms with Gasteiger partial charge in [0.25, 0.3) is 0 Å². The highest BCUT2D eigenvalue weighted by Crippen LogP contribution is 2.29. The van der Waals surface area contributed by atoms with E-state index in [1.54, 1.807) is 19.1 Å². The van der Waals surface area contributed by atoms with Gasteiger partial charge < -0.3 is 9.84 Å². The van der Waals surface area contributed by atoms with E-state index in [1.807, 2.05) is 44.2 Å². The van der Waals surface area contributed by atoms with Gasteiger partial charge in [-0.2, -0.15) is 0 Å². The second-order valence-electron chi connectivity index (χ2n) is 5.23. The standard InChI is InChI=1S/C17H18O3/c1-12-8-7-11-14(18)15(12)16(19)20-17(2,3)13-9-5-4-6-10-13/h4-11,18H,1-3H3. The van der Waals surface area contributed by atoms with Crippen LogP contribution < -0.4 is 0 Å². The number of aryl methyl sites for hydroxylation is 1. The summed E-state index contributed by atoms with van der Waals surface area (Å²) in [6.45, 7) is 5.43. The van der Waals surface area contributed by atoms with Gasteiger partial charge in [0.2, 0.25) is 0 Å². The molecule has 0 amide bonds. The minimum atomic E-state index is -0.757. The number of phenols is 1. The molecule has 0 atom stereocenters. The van der Waals surface area contributed by atoms with Crippen LogP contribution in [0.1, 0.15) is 35.3 Å². The number of rotatable bonds is 3. The average Bonchev–Trinajstić information content (AvgIpc) is 2.39. The third kappa shape index (κ3) is 2.82. The van der Waals surface area contributed by atoms with Crippen LogP contribution in [0.2, 0.25) is 0 Å². The monoisotopic (exact) mass is 270 g/mol. The van der Waals surface area contributed by atoms with E-state index in [1.165, 1.54) is 6.07 Å². The fourth-order valence-electron chi connectivity index (χ4n) is 2.10. The quantitative estimate of drug-likeness (QED) is 0.863. The zero-order valence-corrected chi connectivity index (χ0v) is 11.9. The second kappa shape index (κ2) is 5.37. The number of esters is 1. The van der Waals surface area contributed by atoms with Crippen molar-refractivity contribution < 1.29 is 14.6 Å². The summed E-state index contributed by atoms with van der Waals surface area (Å²) in [5.41, 5.74) is 1.06. The summed E-state index contributed by atoms with van der Waals surface area (Å²) in [6.07, 6.45) is 0. The first kappa shape index (κ1) is 14.1. The van der Waals surface area contributed by atoms with Crippen LogP contribution in [0, 0.1) is 6.92 Å². The lowest BCUT2D eigenvalue weighted by Crippen LogP contribution is -2.26. The van der Waals surface area contributed by atoms with Crippen LogP contribution in [0.25, 0.3) is 0 Å². The molecule has 0 aliphatic carbocycles. The molecule has 104 valence electrons. The van der Waals surface area contributed by atoms with Gasteiger partial charge in [-0.25, -0.2) is 4.79 Å². The fourth-order valence-corrected chi connectivity index (χ4v) is 2.10. The van der Waals surface area contributed by atoms with Crippen molar-refractivity contribution in [3.05, 3.63) is 65.2 Å². The van der Waals surface area contributed by atoms with Crippen LogP contribution in [-0.2, 0) is 10.3 Å². The summed E-state index contributed by atoms with van der Waals surface area (Å²) in [5, 5.41) is 9.83. The summed E-state index contributed by atoms with van der Waals surface area (Å²) >= 11 is 0. The van der Waals surface area contributed by atoms with Crippen molar-refractivity contribution in [1.29, 1.82) is 0 Å². The summed E-state index contributed by atoms with van der Waals surface area (Å²) in [4.78, 5) is 12.3. The molecule has 0 bridgehead atoms. The molecule has 2 aromatic carbocycles. The first-order valence-corrected chi connectivity index (χ1v) is 6.49. The lowest BCUT2D eigenvalue weighted by atomic mass is 9.98. The van der Waals surface area contributed by atoms with Gasteiger partial charge in [-0.3, -0.25) is 0 Å². The molecule has 0 unspecified atom stereocenters. The Bertz CT molecular complexity index is 595. The Balaban J connectivity index is 2.28. The van der Waals surface area contributed by atoms with Crippen LogP contribution in [0.5, 0.6) is 5.75 Å². The van der Waals surface area contributed by atoms with Crippen molar-refractivity contribution in [3.8, 4) is 5.75 Å². The molecule has 0 heterocycles. The van der Waals surface area contributed by atoms with Gasteiger partial charge >= 0.3 is 5.97 Å². The van der Waals surface area contributed by atoms with Crippen molar-refractivity contribution >= 4 is 5.97 Å². The maximum absolute atomic E-state index is 12.3. The Kier molecular flexibility index (Phi) is 3.79. The molecule has 0 radical (unpaired) electrons. The summed E-state index contributed by atoms with van der Waals surface area (Å²) in [5.74, 6) is -0.576. The first-order valence-electron chi connectivity index (χ1n) is 6.49. The van der Waals surface area contributed by atoms with Gasteiger partial charge in [0.1, 0.15) is 16.9 Å². The van der Waals surface area contributed by atoms with Crippen LogP contribution in [-0.4, -0.2) is 11.1 Å². The van der Waals surface area contributed by atoms with E-state index >= 15 is 0 Å². The van der Waals surface area contributed by atoms with Crippen molar-refractivity contribution in [1.82, 2.24) is 0 Å². The van der Waals surface area contributed by atoms with Crippen LogP contribution in [0.4, 0.5) is 0 Å². The molecular weight excluding hydrogens is 252 g/mol. The Hall–Kier alpha value is -2.29. The molecule has 0 aliphatic heterocycles. The Labute approximate surface area is 118 Å². The molecule has 2 rings (SSSR count). The third-order valence-corrected chi connectivity index (χ3v) is 3.27. The van der Waals surface area contributed by atoms with Gasteiger partial charge in [0, 0.05) is 0 Å². The number of aromatic hydroxyl groups is 1. The predicted octanol–water partition coefficient (Wildman–Crippen LogP) is 3.79. The van der Waals surface area contributed by atoms with Crippen molar-refractivity contribution in [2.24, 2.45) is 0 Å². The topological polar surface area (TPSA) is 46.5 Å².